The van der Waals surface area contributed by atoms with Gasteiger partial charge in [0.15, 0.2) is 0 Å². The van der Waals surface area contributed by atoms with Gasteiger partial charge in [0.05, 0.1) is 11.0 Å². The van der Waals surface area contributed by atoms with Crippen LogP contribution in [-0.4, -0.2) is 9.97 Å². The average molecular weight is 343 g/mol. The summed E-state index contributed by atoms with van der Waals surface area (Å²) in [5, 5.41) is 0. The van der Waals surface area contributed by atoms with Crippen molar-refractivity contribution >= 4 is 11.0 Å². The first-order valence-electron chi connectivity index (χ1n) is 10.8. The van der Waals surface area contributed by atoms with Crippen molar-refractivity contribution in [3.05, 3.63) is 30.1 Å². The lowest BCUT2D eigenvalue weighted by atomic mass is 9.93. The topological polar surface area (TPSA) is 28.7 Å². The summed E-state index contributed by atoms with van der Waals surface area (Å²) >= 11 is 0. The first kappa shape index (κ1) is 20.0. The van der Waals surface area contributed by atoms with Gasteiger partial charge in [0.2, 0.25) is 0 Å². The average Bonchev–Trinajstić information content (AvgIpc) is 3.06. The van der Waals surface area contributed by atoms with Crippen LogP contribution < -0.4 is 0 Å². The number of benzene rings is 1. The maximum Gasteiger partial charge on any atom is 0.110 e. The first-order valence-corrected chi connectivity index (χ1v) is 10.8. The van der Waals surface area contributed by atoms with Crippen molar-refractivity contribution in [2.24, 2.45) is 0 Å². The number of H-pyrrole nitrogens is 1. The second kappa shape index (κ2) is 12.1. The van der Waals surface area contributed by atoms with Gasteiger partial charge in [-0.2, -0.15) is 0 Å². The Morgan fingerprint density at radius 2 is 1.32 bits per heavy atom. The van der Waals surface area contributed by atoms with Gasteiger partial charge in [0.25, 0.3) is 0 Å². The monoisotopic (exact) mass is 342 g/mol. The normalized spacial score (nSPS) is 12.7. The van der Waals surface area contributed by atoms with E-state index in [0.29, 0.717) is 5.92 Å². The standard InChI is InChI=1S/C23H38N2/c1-3-5-7-9-10-11-13-17-20(16-12-8-6-4-2)23-24-21-18-14-15-19-22(21)25-23/h14-15,18-20H,3-13,16-17H2,1-2H3,(H,24,25). The fourth-order valence-corrected chi connectivity index (χ4v) is 3.75. The quantitative estimate of drug-likeness (QED) is 0.349. The molecule has 0 saturated heterocycles. The highest BCUT2D eigenvalue weighted by Gasteiger charge is 2.15. The Labute approximate surface area is 154 Å². The number of hydrogen-bond acceptors (Lipinski definition) is 1. The molecule has 0 bridgehead atoms. The molecule has 2 aromatic rings. The number of nitrogens with zero attached hydrogens (tertiary/aromatic N) is 1. The lowest BCUT2D eigenvalue weighted by molar-refractivity contribution is 0.477. The highest BCUT2D eigenvalue weighted by atomic mass is 14.9. The Hall–Kier alpha value is -1.31. The fraction of sp³-hybridized carbons (Fsp3) is 0.696. The zero-order valence-corrected chi connectivity index (χ0v) is 16.5. The summed E-state index contributed by atoms with van der Waals surface area (Å²) in [4.78, 5) is 8.49. The third-order valence-corrected chi connectivity index (χ3v) is 5.36. The third kappa shape index (κ3) is 7.22. The molecule has 0 radical (unpaired) electrons. The molecular weight excluding hydrogens is 304 g/mol. The minimum Gasteiger partial charge on any atom is -0.342 e. The molecule has 0 spiro atoms. The lowest BCUT2D eigenvalue weighted by Crippen LogP contribution is -2.02. The summed E-state index contributed by atoms with van der Waals surface area (Å²) in [6, 6.07) is 8.45. The lowest BCUT2D eigenvalue weighted by Gasteiger charge is -2.14. The number of unbranched alkanes of at least 4 members (excludes halogenated alkanes) is 9. The zero-order valence-electron chi connectivity index (χ0n) is 16.5. The molecule has 1 unspecified atom stereocenters. The largest absolute Gasteiger partial charge is 0.342 e. The zero-order chi connectivity index (χ0) is 17.7. The van der Waals surface area contributed by atoms with E-state index in [9.17, 15) is 0 Å². The predicted octanol–water partition coefficient (Wildman–Crippen LogP) is 7.76. The Morgan fingerprint density at radius 3 is 1.96 bits per heavy atom. The minimum atomic E-state index is 0.611. The number of rotatable bonds is 14. The summed E-state index contributed by atoms with van der Waals surface area (Å²) in [6.07, 6.45) is 17.7. The molecule has 1 aromatic carbocycles. The molecule has 0 aliphatic rings. The van der Waals surface area contributed by atoms with Gasteiger partial charge >= 0.3 is 0 Å². The minimum absolute atomic E-state index is 0.611. The van der Waals surface area contributed by atoms with Crippen LogP contribution >= 0.6 is 0 Å². The van der Waals surface area contributed by atoms with E-state index in [1.54, 1.807) is 0 Å². The molecule has 0 fully saturated rings. The molecule has 2 heteroatoms. The highest BCUT2D eigenvalue weighted by molar-refractivity contribution is 5.74. The third-order valence-electron chi connectivity index (χ3n) is 5.36. The van der Waals surface area contributed by atoms with Crippen molar-refractivity contribution in [3.63, 3.8) is 0 Å². The number of fused-ring (bicyclic) bond motifs is 1. The van der Waals surface area contributed by atoms with E-state index in [2.05, 4.69) is 43.1 Å². The van der Waals surface area contributed by atoms with Crippen LogP contribution in [0.4, 0.5) is 0 Å². The predicted molar refractivity (Wildman–Crippen MR) is 110 cm³/mol. The van der Waals surface area contributed by atoms with Crippen LogP contribution in [0.5, 0.6) is 0 Å². The second-order valence-corrected chi connectivity index (χ2v) is 7.60. The summed E-state index contributed by atoms with van der Waals surface area (Å²) < 4.78 is 0. The van der Waals surface area contributed by atoms with Gasteiger partial charge in [-0.3, -0.25) is 0 Å². The number of hydrogen-bond donors (Lipinski definition) is 1. The van der Waals surface area contributed by atoms with E-state index in [-0.39, 0.29) is 0 Å². The van der Waals surface area contributed by atoms with E-state index in [0.717, 1.165) is 5.52 Å². The molecule has 0 aliphatic heterocycles. The SMILES string of the molecule is CCCCCCCCCC(CCCCCC)c1nc2ccccc2[nH]1. The Morgan fingerprint density at radius 1 is 0.760 bits per heavy atom. The van der Waals surface area contributed by atoms with Crippen LogP contribution in [0.2, 0.25) is 0 Å². The molecule has 2 rings (SSSR count). The number of para-hydroxylation sites is 2. The second-order valence-electron chi connectivity index (χ2n) is 7.60. The maximum absolute atomic E-state index is 4.90. The van der Waals surface area contributed by atoms with Crippen molar-refractivity contribution < 1.29 is 0 Å². The van der Waals surface area contributed by atoms with E-state index in [1.165, 1.54) is 94.8 Å². The molecule has 140 valence electrons. The summed E-state index contributed by atoms with van der Waals surface area (Å²) in [7, 11) is 0. The number of imidazole rings is 1. The molecule has 0 amide bonds. The molecule has 0 aliphatic carbocycles. The first-order chi connectivity index (χ1) is 12.3. The summed E-state index contributed by atoms with van der Waals surface area (Å²) in [6.45, 7) is 4.58. The van der Waals surface area contributed by atoms with E-state index < -0.39 is 0 Å². The smallest absolute Gasteiger partial charge is 0.110 e. The van der Waals surface area contributed by atoms with Crippen molar-refractivity contribution in [1.29, 1.82) is 0 Å². The van der Waals surface area contributed by atoms with E-state index in [1.807, 2.05) is 0 Å². The molecular formula is C23H38N2. The van der Waals surface area contributed by atoms with Gasteiger partial charge in [0.1, 0.15) is 5.82 Å². The summed E-state index contributed by atoms with van der Waals surface area (Å²) in [5.74, 6) is 1.84. The van der Waals surface area contributed by atoms with Gasteiger partial charge in [-0.25, -0.2) is 4.98 Å². The fourth-order valence-electron chi connectivity index (χ4n) is 3.75. The van der Waals surface area contributed by atoms with Crippen molar-refractivity contribution in [2.45, 2.75) is 103 Å². The number of aromatic amines is 1. The van der Waals surface area contributed by atoms with Crippen LogP contribution in [0.15, 0.2) is 24.3 Å². The van der Waals surface area contributed by atoms with Gasteiger partial charge < -0.3 is 4.98 Å². The Bertz CT molecular complexity index is 539. The van der Waals surface area contributed by atoms with Crippen LogP contribution in [0, 0.1) is 0 Å². The molecule has 25 heavy (non-hydrogen) atoms. The molecule has 2 nitrogen and oxygen atoms in total. The molecule has 0 saturated carbocycles. The van der Waals surface area contributed by atoms with Crippen LogP contribution in [-0.2, 0) is 0 Å². The molecule has 1 atom stereocenters. The van der Waals surface area contributed by atoms with Gasteiger partial charge in [-0.1, -0.05) is 96.6 Å². The maximum atomic E-state index is 4.90. The van der Waals surface area contributed by atoms with Crippen LogP contribution in [0.1, 0.15) is 109 Å². The molecule has 1 heterocycles. The van der Waals surface area contributed by atoms with Crippen molar-refractivity contribution in [2.75, 3.05) is 0 Å². The summed E-state index contributed by atoms with van der Waals surface area (Å²) in [5.41, 5.74) is 2.31. The van der Waals surface area contributed by atoms with Gasteiger partial charge in [-0.05, 0) is 25.0 Å². The van der Waals surface area contributed by atoms with Crippen molar-refractivity contribution in [3.8, 4) is 0 Å². The van der Waals surface area contributed by atoms with E-state index >= 15 is 0 Å². The van der Waals surface area contributed by atoms with Crippen LogP contribution in [0.25, 0.3) is 11.0 Å². The van der Waals surface area contributed by atoms with Crippen molar-refractivity contribution in [1.82, 2.24) is 9.97 Å². The number of aromatic nitrogens is 2. The highest BCUT2D eigenvalue weighted by Crippen LogP contribution is 2.28. The Balaban J connectivity index is 1.84. The number of nitrogens with one attached hydrogen (secondary N) is 1. The van der Waals surface area contributed by atoms with E-state index in [4.69, 9.17) is 4.98 Å². The molecule has 1 aromatic heterocycles. The van der Waals surface area contributed by atoms with Gasteiger partial charge in [-0.15, -0.1) is 0 Å². The molecule has 1 N–H and O–H groups in total. The van der Waals surface area contributed by atoms with Crippen LogP contribution in [0.3, 0.4) is 0 Å². The van der Waals surface area contributed by atoms with Gasteiger partial charge in [0, 0.05) is 5.92 Å². The Kier molecular flexibility index (Phi) is 9.69.